The molecule has 112 valence electrons. The van der Waals surface area contributed by atoms with Gasteiger partial charge in [-0.05, 0) is 18.6 Å². The number of methoxy groups -OCH3 is 1. The number of aromatic nitrogens is 1. The zero-order valence-corrected chi connectivity index (χ0v) is 12.6. The van der Waals surface area contributed by atoms with E-state index in [0.717, 1.165) is 0 Å². The van der Waals surface area contributed by atoms with E-state index in [-0.39, 0.29) is 11.1 Å². The smallest absolute Gasteiger partial charge is 0.328 e. The van der Waals surface area contributed by atoms with Gasteiger partial charge in [0.25, 0.3) is 6.01 Å². The number of fused-ring (bicyclic) bond motifs is 1. The predicted octanol–water partition coefficient (Wildman–Crippen LogP) is 2.45. The zero-order valence-electron chi connectivity index (χ0n) is 11.8. The van der Waals surface area contributed by atoms with E-state index in [4.69, 9.17) is 9.15 Å². The number of ether oxygens (including phenoxy) is 1. The highest BCUT2D eigenvalue weighted by molar-refractivity contribution is 8.13. The van der Waals surface area contributed by atoms with Crippen LogP contribution in [0.1, 0.15) is 13.3 Å². The third-order valence-electron chi connectivity index (χ3n) is 2.79. The first-order valence-electron chi connectivity index (χ1n) is 6.43. The lowest BCUT2D eigenvalue weighted by molar-refractivity contribution is -0.141. The first kappa shape index (κ1) is 15.4. The molecule has 1 aromatic heterocycles. The highest BCUT2D eigenvalue weighted by Crippen LogP contribution is 2.20. The summed E-state index contributed by atoms with van der Waals surface area (Å²) < 4.78 is 10.3. The van der Waals surface area contributed by atoms with Gasteiger partial charge in [-0.2, -0.15) is 4.98 Å². The molecular weight excluding hydrogens is 292 g/mol. The van der Waals surface area contributed by atoms with Gasteiger partial charge in [0.15, 0.2) is 10.7 Å². The van der Waals surface area contributed by atoms with E-state index in [1.54, 1.807) is 6.07 Å². The summed E-state index contributed by atoms with van der Waals surface area (Å²) in [6.45, 7) is 1.49. The molecule has 1 aromatic carbocycles. The van der Waals surface area contributed by atoms with Crippen molar-refractivity contribution in [3.8, 4) is 0 Å². The number of thioether (sulfide) groups is 1. The van der Waals surface area contributed by atoms with Crippen molar-refractivity contribution in [2.45, 2.75) is 19.4 Å². The number of carbonyl (C=O) groups excluding carboxylic acids is 2. The summed E-state index contributed by atoms with van der Waals surface area (Å²) in [5.74, 6) is 0.101. The van der Waals surface area contributed by atoms with Gasteiger partial charge in [-0.15, -0.1) is 0 Å². The Labute approximate surface area is 126 Å². The third-order valence-corrected chi connectivity index (χ3v) is 3.64. The van der Waals surface area contributed by atoms with Crippen LogP contribution >= 0.6 is 11.8 Å². The maximum atomic E-state index is 11.8. The molecule has 0 unspecified atom stereocenters. The molecule has 0 fully saturated rings. The van der Waals surface area contributed by atoms with Crippen LogP contribution in [0.2, 0.25) is 0 Å². The summed E-state index contributed by atoms with van der Waals surface area (Å²) in [4.78, 5) is 26.9. The SMILES string of the molecule is COC(=O)[C@H](CCSC(C)=O)Nc1nc2ccccc2o1. The number of hydrogen-bond donors (Lipinski definition) is 1. The van der Waals surface area contributed by atoms with Gasteiger partial charge in [-0.3, -0.25) is 4.79 Å². The van der Waals surface area contributed by atoms with Gasteiger partial charge in [0.1, 0.15) is 11.6 Å². The summed E-state index contributed by atoms with van der Waals surface area (Å²) in [5, 5.41) is 2.93. The van der Waals surface area contributed by atoms with Gasteiger partial charge in [0, 0.05) is 12.7 Å². The Morgan fingerprint density at radius 1 is 1.43 bits per heavy atom. The lowest BCUT2D eigenvalue weighted by Gasteiger charge is -2.14. The monoisotopic (exact) mass is 308 g/mol. The second-order valence-corrected chi connectivity index (χ2v) is 5.61. The third kappa shape index (κ3) is 4.22. The number of anilines is 1. The lowest BCUT2D eigenvalue weighted by atomic mass is 10.2. The van der Waals surface area contributed by atoms with E-state index in [0.29, 0.717) is 23.3 Å². The molecule has 21 heavy (non-hydrogen) atoms. The molecule has 0 radical (unpaired) electrons. The molecule has 1 atom stereocenters. The highest BCUT2D eigenvalue weighted by Gasteiger charge is 2.21. The topological polar surface area (TPSA) is 81.4 Å². The van der Waals surface area contributed by atoms with Gasteiger partial charge in [0.05, 0.1) is 7.11 Å². The fourth-order valence-electron chi connectivity index (χ4n) is 1.79. The van der Waals surface area contributed by atoms with E-state index >= 15 is 0 Å². The van der Waals surface area contributed by atoms with Gasteiger partial charge < -0.3 is 14.5 Å². The van der Waals surface area contributed by atoms with Crippen molar-refractivity contribution in [3.05, 3.63) is 24.3 Å². The first-order valence-corrected chi connectivity index (χ1v) is 7.42. The minimum atomic E-state index is -0.602. The summed E-state index contributed by atoms with van der Waals surface area (Å²) >= 11 is 1.17. The Bertz CT molecular complexity index is 608. The maximum Gasteiger partial charge on any atom is 0.328 e. The van der Waals surface area contributed by atoms with Crippen LogP contribution in [0.4, 0.5) is 6.01 Å². The number of nitrogens with one attached hydrogen (secondary N) is 1. The molecule has 0 bridgehead atoms. The number of nitrogens with zero attached hydrogens (tertiary/aromatic N) is 1. The van der Waals surface area contributed by atoms with E-state index in [1.807, 2.05) is 18.2 Å². The Hall–Kier alpha value is -2.02. The number of para-hydroxylation sites is 2. The standard InChI is InChI=1S/C14H16N2O4S/c1-9(17)21-8-7-11(13(18)19-2)16-14-15-10-5-3-4-6-12(10)20-14/h3-6,11H,7-8H2,1-2H3,(H,15,16)/t11-/m0/s1. The number of benzene rings is 1. The van der Waals surface area contributed by atoms with Gasteiger partial charge in [-0.1, -0.05) is 23.9 Å². The average molecular weight is 308 g/mol. The fraction of sp³-hybridized carbons (Fsp3) is 0.357. The Morgan fingerprint density at radius 2 is 2.19 bits per heavy atom. The molecule has 1 N–H and O–H groups in total. The second-order valence-electron chi connectivity index (χ2n) is 4.34. The Balaban J connectivity index is 2.06. The fourth-order valence-corrected chi connectivity index (χ4v) is 2.44. The van der Waals surface area contributed by atoms with Crippen LogP contribution in [0, 0.1) is 0 Å². The second kappa shape index (κ2) is 7.12. The largest absolute Gasteiger partial charge is 0.467 e. The summed E-state index contributed by atoms with van der Waals surface area (Å²) in [6.07, 6.45) is 0.440. The summed E-state index contributed by atoms with van der Waals surface area (Å²) in [7, 11) is 1.32. The minimum Gasteiger partial charge on any atom is -0.467 e. The van der Waals surface area contributed by atoms with Crippen molar-refractivity contribution in [1.82, 2.24) is 4.98 Å². The Morgan fingerprint density at radius 3 is 2.86 bits per heavy atom. The number of rotatable bonds is 6. The van der Waals surface area contributed by atoms with Crippen molar-refractivity contribution in [2.24, 2.45) is 0 Å². The van der Waals surface area contributed by atoms with Gasteiger partial charge in [0.2, 0.25) is 0 Å². The molecular formula is C14H16N2O4S. The van der Waals surface area contributed by atoms with E-state index < -0.39 is 12.0 Å². The van der Waals surface area contributed by atoms with E-state index in [9.17, 15) is 9.59 Å². The molecule has 0 aliphatic heterocycles. The van der Waals surface area contributed by atoms with Crippen molar-refractivity contribution in [1.29, 1.82) is 0 Å². The molecule has 7 heteroatoms. The normalized spacial score (nSPS) is 12.1. The summed E-state index contributed by atoms with van der Waals surface area (Å²) in [5.41, 5.74) is 1.35. The van der Waals surface area contributed by atoms with E-state index in [1.165, 1.54) is 25.8 Å². The van der Waals surface area contributed by atoms with Crippen molar-refractivity contribution >= 4 is 40.0 Å². The lowest BCUT2D eigenvalue weighted by Crippen LogP contribution is -2.31. The van der Waals surface area contributed by atoms with Crippen molar-refractivity contribution < 1.29 is 18.7 Å². The van der Waals surface area contributed by atoms with Crippen LogP contribution in [0.5, 0.6) is 0 Å². The molecule has 2 aromatic rings. The summed E-state index contributed by atoms with van der Waals surface area (Å²) in [6, 6.07) is 6.98. The molecule has 1 heterocycles. The molecule has 2 rings (SSSR count). The minimum absolute atomic E-state index is 0.0143. The Kier molecular flexibility index (Phi) is 5.21. The highest BCUT2D eigenvalue weighted by atomic mass is 32.2. The zero-order chi connectivity index (χ0) is 15.2. The van der Waals surface area contributed by atoms with Gasteiger partial charge >= 0.3 is 5.97 Å². The average Bonchev–Trinajstić information content (AvgIpc) is 2.87. The number of esters is 1. The molecule has 6 nitrogen and oxygen atoms in total. The van der Waals surface area contributed by atoms with Crippen molar-refractivity contribution in [3.63, 3.8) is 0 Å². The van der Waals surface area contributed by atoms with E-state index in [2.05, 4.69) is 10.3 Å². The van der Waals surface area contributed by atoms with Crippen LogP contribution in [0.15, 0.2) is 28.7 Å². The molecule has 0 amide bonds. The van der Waals surface area contributed by atoms with Crippen LogP contribution in [-0.2, 0) is 14.3 Å². The van der Waals surface area contributed by atoms with Crippen molar-refractivity contribution in [2.75, 3.05) is 18.2 Å². The van der Waals surface area contributed by atoms with Crippen LogP contribution < -0.4 is 5.32 Å². The number of hydrogen-bond acceptors (Lipinski definition) is 7. The number of carbonyl (C=O) groups is 2. The predicted molar refractivity (Wildman–Crippen MR) is 81.2 cm³/mol. The maximum absolute atomic E-state index is 11.8. The van der Waals surface area contributed by atoms with Crippen LogP contribution in [0.3, 0.4) is 0 Å². The van der Waals surface area contributed by atoms with Gasteiger partial charge in [-0.25, -0.2) is 4.79 Å². The molecule has 0 aliphatic carbocycles. The molecule has 0 aliphatic rings. The first-order chi connectivity index (χ1) is 10.1. The van der Waals surface area contributed by atoms with Crippen LogP contribution in [-0.4, -0.2) is 35.0 Å². The molecule has 0 spiro atoms. The molecule has 0 saturated carbocycles. The quantitative estimate of drug-likeness (QED) is 0.821. The number of oxazole rings is 1. The molecule has 0 saturated heterocycles. The van der Waals surface area contributed by atoms with Crippen LogP contribution in [0.25, 0.3) is 11.1 Å².